The zero-order valence-electron chi connectivity index (χ0n) is 22.4. The molecule has 2 aromatic carbocycles. The van der Waals surface area contributed by atoms with Crippen molar-refractivity contribution in [3.63, 3.8) is 0 Å². The molecule has 40 heavy (non-hydrogen) atoms. The second-order valence-electron chi connectivity index (χ2n) is 10.4. The number of amides is 1. The maximum Gasteiger partial charge on any atom is 0.295 e. The fourth-order valence-corrected chi connectivity index (χ4v) is 6.09. The number of ether oxygens (including phenoxy) is 1. The Hall–Kier alpha value is -3.85. The molecule has 1 saturated carbocycles. The zero-order chi connectivity index (χ0) is 27.6. The lowest BCUT2D eigenvalue weighted by molar-refractivity contribution is -0.121. The molecule has 9 nitrogen and oxygen atoms in total. The van der Waals surface area contributed by atoms with Gasteiger partial charge in [-0.05, 0) is 75.8 Å². The molecule has 0 bridgehead atoms. The van der Waals surface area contributed by atoms with Gasteiger partial charge in [0.1, 0.15) is 11.4 Å². The minimum atomic E-state index is -0.261. The first-order valence-electron chi connectivity index (χ1n) is 14.0. The van der Waals surface area contributed by atoms with Gasteiger partial charge in [0.05, 0.1) is 23.6 Å². The highest BCUT2D eigenvalue weighted by Gasteiger charge is 2.33. The molecule has 6 rings (SSSR count). The van der Waals surface area contributed by atoms with E-state index in [9.17, 15) is 9.59 Å². The molecule has 10 heteroatoms. The minimum Gasteiger partial charge on any atom is -0.493 e. The second kappa shape index (κ2) is 11.3. The number of fused-ring (bicyclic) bond motifs is 1. The van der Waals surface area contributed by atoms with Gasteiger partial charge in [-0.2, -0.15) is 0 Å². The van der Waals surface area contributed by atoms with Crippen LogP contribution in [0.3, 0.4) is 0 Å². The molecule has 4 aromatic rings. The molecule has 0 radical (unpaired) electrons. The summed E-state index contributed by atoms with van der Waals surface area (Å²) < 4.78 is 15.5. The Morgan fingerprint density at radius 2 is 1.98 bits per heavy atom. The highest BCUT2D eigenvalue weighted by atomic mass is 35.5. The number of nitrogens with zero attached hydrogens (tertiary/aromatic N) is 4. The van der Waals surface area contributed by atoms with Crippen LogP contribution in [-0.2, 0) is 17.8 Å². The topological polar surface area (TPSA) is 104 Å². The molecule has 0 saturated heterocycles. The Morgan fingerprint density at radius 3 is 2.80 bits per heavy atom. The van der Waals surface area contributed by atoms with Crippen molar-refractivity contribution in [1.29, 1.82) is 0 Å². The summed E-state index contributed by atoms with van der Waals surface area (Å²) in [6.07, 6.45) is 5.77. The number of carbonyl (C=O) groups excluding carboxylic acids is 1. The number of hydrogen-bond acceptors (Lipinski definition) is 6. The van der Waals surface area contributed by atoms with E-state index in [0.717, 1.165) is 56.5 Å². The normalized spacial score (nSPS) is 18.8. The lowest BCUT2D eigenvalue weighted by Crippen LogP contribution is -2.30. The number of benzene rings is 2. The number of carbonyl (C=O) groups is 1. The fourth-order valence-electron chi connectivity index (χ4n) is 5.92. The molecule has 0 unspecified atom stereocenters. The highest BCUT2D eigenvalue weighted by molar-refractivity contribution is 6.30. The van der Waals surface area contributed by atoms with E-state index < -0.39 is 0 Å². The van der Waals surface area contributed by atoms with Crippen LogP contribution >= 0.6 is 11.6 Å². The molecule has 2 aromatic heterocycles. The van der Waals surface area contributed by atoms with Crippen LogP contribution in [0, 0.1) is 5.92 Å². The van der Waals surface area contributed by atoms with Crippen molar-refractivity contribution < 1.29 is 13.9 Å². The maximum absolute atomic E-state index is 13.6. The molecule has 1 amide bonds. The van der Waals surface area contributed by atoms with Gasteiger partial charge in [-0.15, -0.1) is 10.2 Å². The van der Waals surface area contributed by atoms with Crippen molar-refractivity contribution in [2.45, 2.75) is 64.3 Å². The Balaban J connectivity index is 1.22. The van der Waals surface area contributed by atoms with Crippen molar-refractivity contribution >= 4 is 23.2 Å². The summed E-state index contributed by atoms with van der Waals surface area (Å²) in [5, 5.41) is 12.2. The molecular weight excluding hydrogens is 530 g/mol. The van der Waals surface area contributed by atoms with Crippen molar-refractivity contribution in [1.82, 2.24) is 19.6 Å². The number of hydrogen-bond donors (Lipinski definition) is 1. The first-order chi connectivity index (χ1) is 19.5. The van der Waals surface area contributed by atoms with Crippen molar-refractivity contribution in [2.24, 2.45) is 5.92 Å². The zero-order valence-corrected chi connectivity index (χ0v) is 23.2. The summed E-state index contributed by atoms with van der Waals surface area (Å²) in [5.74, 6) is 1.03. The van der Waals surface area contributed by atoms with E-state index in [1.54, 1.807) is 22.9 Å². The molecule has 1 aliphatic heterocycles. The Morgan fingerprint density at radius 1 is 1.12 bits per heavy atom. The monoisotopic (exact) mass is 561 g/mol. The molecule has 2 atom stereocenters. The smallest absolute Gasteiger partial charge is 0.295 e. The lowest BCUT2D eigenvalue weighted by atomic mass is 9.81. The van der Waals surface area contributed by atoms with E-state index in [4.69, 9.17) is 20.8 Å². The Kier molecular flexibility index (Phi) is 7.47. The summed E-state index contributed by atoms with van der Waals surface area (Å²) in [6, 6.07) is 14.9. The maximum atomic E-state index is 13.6. The van der Waals surface area contributed by atoms with Crippen LogP contribution < -0.4 is 15.6 Å². The standard InChI is InChI=1S/C30H32ClN5O4/c1-2-39-25-15-14-21(31)18-23(25)29-34-33-28(40-29)20-10-8-9-19(17-20)27(37)32-26-24-13-6-7-16-35(24)36(30(26)38)22-11-4-3-5-12-22/h3-5,11-12,14-15,18-20H,2,6-10,13,16-17H2,1H3,(H,32,37)/t19-,20+/m1/s1. The van der Waals surface area contributed by atoms with E-state index in [1.807, 2.05) is 41.9 Å². The third-order valence-electron chi connectivity index (χ3n) is 7.84. The summed E-state index contributed by atoms with van der Waals surface area (Å²) in [7, 11) is 0. The van der Waals surface area contributed by atoms with Gasteiger partial charge >= 0.3 is 0 Å². The van der Waals surface area contributed by atoms with Gasteiger partial charge in [-0.25, -0.2) is 4.68 Å². The Labute approximate surface area is 237 Å². The van der Waals surface area contributed by atoms with Gasteiger partial charge in [0.15, 0.2) is 0 Å². The van der Waals surface area contributed by atoms with Crippen LogP contribution in [0.15, 0.2) is 57.7 Å². The van der Waals surface area contributed by atoms with E-state index >= 15 is 0 Å². The van der Waals surface area contributed by atoms with E-state index in [2.05, 4.69) is 15.5 Å². The third-order valence-corrected chi connectivity index (χ3v) is 8.07. The van der Waals surface area contributed by atoms with Gasteiger partial charge in [-0.3, -0.25) is 14.3 Å². The van der Waals surface area contributed by atoms with Crippen molar-refractivity contribution in [2.75, 3.05) is 11.9 Å². The van der Waals surface area contributed by atoms with Gasteiger partial charge < -0.3 is 14.5 Å². The van der Waals surface area contributed by atoms with E-state index in [-0.39, 0.29) is 23.3 Å². The van der Waals surface area contributed by atoms with Crippen LogP contribution in [0.4, 0.5) is 5.69 Å². The summed E-state index contributed by atoms with van der Waals surface area (Å²) >= 11 is 6.22. The molecule has 1 aliphatic carbocycles. The second-order valence-corrected chi connectivity index (χ2v) is 10.9. The average Bonchev–Trinajstić information content (AvgIpc) is 3.58. The number of para-hydroxylation sites is 1. The minimum absolute atomic E-state index is 0.0515. The summed E-state index contributed by atoms with van der Waals surface area (Å²) in [4.78, 5) is 27.1. The van der Waals surface area contributed by atoms with E-state index in [1.165, 1.54) is 0 Å². The Bertz CT molecular complexity index is 1570. The first kappa shape index (κ1) is 26.4. The molecular formula is C30H32ClN5O4. The fraction of sp³-hybridized carbons (Fsp3) is 0.400. The van der Waals surface area contributed by atoms with E-state index in [0.29, 0.717) is 46.8 Å². The van der Waals surface area contributed by atoms with Crippen LogP contribution in [0.1, 0.15) is 63.0 Å². The van der Waals surface area contributed by atoms with Crippen molar-refractivity contribution in [3.05, 3.63) is 75.5 Å². The van der Waals surface area contributed by atoms with Crippen LogP contribution in [0.5, 0.6) is 5.75 Å². The van der Waals surface area contributed by atoms with Gasteiger partial charge in [0, 0.05) is 23.4 Å². The summed E-state index contributed by atoms with van der Waals surface area (Å²) in [5.41, 5.74) is 2.56. The van der Waals surface area contributed by atoms with Crippen LogP contribution in [0.2, 0.25) is 5.02 Å². The summed E-state index contributed by atoms with van der Waals surface area (Å²) in [6.45, 7) is 3.15. The first-order valence-corrected chi connectivity index (χ1v) is 14.4. The molecule has 1 N–H and O–H groups in total. The largest absolute Gasteiger partial charge is 0.493 e. The van der Waals surface area contributed by atoms with Gasteiger partial charge in [0.2, 0.25) is 11.8 Å². The van der Waals surface area contributed by atoms with Crippen LogP contribution in [0.25, 0.3) is 17.1 Å². The molecule has 1 fully saturated rings. The number of anilines is 1. The molecule has 3 heterocycles. The molecule has 0 spiro atoms. The third kappa shape index (κ3) is 5.06. The quantitative estimate of drug-likeness (QED) is 0.297. The predicted octanol–water partition coefficient (Wildman–Crippen LogP) is 5.99. The average molecular weight is 562 g/mol. The van der Waals surface area contributed by atoms with Gasteiger partial charge in [-0.1, -0.05) is 36.2 Å². The molecule has 2 aliphatic rings. The highest BCUT2D eigenvalue weighted by Crippen LogP contribution is 2.39. The molecule has 208 valence electrons. The lowest BCUT2D eigenvalue weighted by Gasteiger charge is -2.26. The van der Waals surface area contributed by atoms with Gasteiger partial charge in [0.25, 0.3) is 11.4 Å². The number of halogens is 1. The number of nitrogens with one attached hydrogen (secondary N) is 1. The predicted molar refractivity (Wildman–Crippen MR) is 152 cm³/mol. The van der Waals surface area contributed by atoms with Crippen molar-refractivity contribution in [3.8, 4) is 22.9 Å². The number of aromatic nitrogens is 4. The SMILES string of the molecule is CCOc1ccc(Cl)cc1-c1nnc([C@H]2CCC[C@@H](C(=O)Nc3c4n(n(-c5ccccc5)c3=O)CCCC4)C2)o1. The van der Waals surface area contributed by atoms with Crippen LogP contribution in [-0.4, -0.2) is 32.1 Å². The number of rotatable bonds is 7.